The number of hydrogen-bond donors (Lipinski definition) is 0. The fourth-order valence-corrected chi connectivity index (χ4v) is 4.95. The Morgan fingerprint density at radius 3 is 2.32 bits per heavy atom. The lowest BCUT2D eigenvalue weighted by molar-refractivity contribution is -0.133. The molecule has 164 valence electrons. The fourth-order valence-electron chi connectivity index (χ4n) is 3.52. The van der Waals surface area contributed by atoms with Crippen LogP contribution in [0.4, 0.5) is 5.69 Å². The highest BCUT2D eigenvalue weighted by Gasteiger charge is 2.31. The van der Waals surface area contributed by atoms with Gasteiger partial charge < -0.3 is 19.3 Å². The van der Waals surface area contributed by atoms with E-state index in [1.165, 1.54) is 12.1 Å². The Morgan fingerprint density at radius 2 is 1.65 bits per heavy atom. The van der Waals surface area contributed by atoms with Gasteiger partial charge in [0.15, 0.2) is 11.5 Å². The van der Waals surface area contributed by atoms with Gasteiger partial charge >= 0.3 is 0 Å². The number of amides is 2. The lowest BCUT2D eigenvalue weighted by atomic mass is 10.2. The molecule has 0 atom stereocenters. The minimum absolute atomic E-state index is 0.0865. The van der Waals surface area contributed by atoms with Gasteiger partial charge in [-0.3, -0.25) is 13.9 Å². The van der Waals surface area contributed by atoms with Crippen LogP contribution in [0, 0.1) is 0 Å². The zero-order valence-corrected chi connectivity index (χ0v) is 17.7. The summed E-state index contributed by atoms with van der Waals surface area (Å²) in [4.78, 5) is 27.2. The van der Waals surface area contributed by atoms with Gasteiger partial charge in [0.1, 0.15) is 19.8 Å². The number of benzene rings is 2. The molecule has 0 N–H and O–H groups in total. The summed E-state index contributed by atoms with van der Waals surface area (Å²) in [5.74, 6) is 0.632. The highest BCUT2D eigenvalue weighted by atomic mass is 32.2. The number of fused-ring (bicyclic) bond motifs is 1. The van der Waals surface area contributed by atoms with Gasteiger partial charge in [0.2, 0.25) is 12.3 Å². The van der Waals surface area contributed by atoms with E-state index in [1.54, 1.807) is 46.2 Å². The summed E-state index contributed by atoms with van der Waals surface area (Å²) in [7, 11) is -4.01. The Kier molecular flexibility index (Phi) is 5.99. The Morgan fingerprint density at radius 1 is 0.968 bits per heavy atom. The molecule has 0 spiro atoms. The zero-order chi connectivity index (χ0) is 21.8. The van der Waals surface area contributed by atoms with Crippen LogP contribution in [0.5, 0.6) is 11.5 Å². The van der Waals surface area contributed by atoms with Crippen molar-refractivity contribution in [2.24, 2.45) is 0 Å². The summed E-state index contributed by atoms with van der Waals surface area (Å²) in [6.07, 6.45) is 0.753. The summed E-state index contributed by atoms with van der Waals surface area (Å²) in [6, 6.07) is 12.8. The van der Waals surface area contributed by atoms with Crippen molar-refractivity contribution in [3.05, 3.63) is 48.5 Å². The van der Waals surface area contributed by atoms with Gasteiger partial charge in [-0.2, -0.15) is 0 Å². The second-order valence-electron chi connectivity index (χ2n) is 7.17. The molecule has 10 heteroatoms. The molecule has 0 unspecified atom stereocenters. The van der Waals surface area contributed by atoms with E-state index in [0.29, 0.717) is 56.6 Å². The van der Waals surface area contributed by atoms with Gasteiger partial charge in [0, 0.05) is 32.2 Å². The molecule has 4 rings (SSSR count). The quantitative estimate of drug-likeness (QED) is 0.615. The molecular formula is C21H23N3O6S. The molecule has 0 radical (unpaired) electrons. The highest BCUT2D eigenvalue weighted by molar-refractivity contribution is 7.92. The van der Waals surface area contributed by atoms with Crippen LogP contribution in [0.25, 0.3) is 0 Å². The van der Waals surface area contributed by atoms with Crippen LogP contribution < -0.4 is 13.8 Å². The lowest BCUT2D eigenvalue weighted by Crippen LogP contribution is -2.51. The van der Waals surface area contributed by atoms with Crippen molar-refractivity contribution < 1.29 is 27.5 Å². The maximum Gasteiger partial charge on any atom is 0.264 e. The number of ether oxygens (including phenoxy) is 2. The molecule has 0 saturated carbocycles. The second-order valence-corrected chi connectivity index (χ2v) is 9.04. The zero-order valence-electron chi connectivity index (χ0n) is 16.8. The molecular weight excluding hydrogens is 422 g/mol. The number of rotatable bonds is 6. The van der Waals surface area contributed by atoms with Crippen LogP contribution in [0.15, 0.2) is 53.4 Å². The molecule has 2 aromatic rings. The SMILES string of the molecule is O=CN1CCN(C(=O)CN(c2ccc3c(c2)OCCO3)S(=O)(=O)c2ccccc2)CC1. The fraction of sp³-hybridized carbons (Fsp3) is 0.333. The molecule has 2 amide bonds. The maximum atomic E-state index is 13.4. The number of anilines is 1. The third kappa shape index (κ3) is 4.43. The van der Waals surface area contributed by atoms with E-state index < -0.39 is 10.0 Å². The van der Waals surface area contributed by atoms with Gasteiger partial charge in [0.25, 0.3) is 10.0 Å². The molecule has 0 aromatic heterocycles. The van der Waals surface area contributed by atoms with E-state index in [4.69, 9.17) is 9.47 Å². The smallest absolute Gasteiger partial charge is 0.264 e. The molecule has 2 aliphatic rings. The first-order valence-corrected chi connectivity index (χ1v) is 11.4. The Balaban J connectivity index is 1.65. The topological polar surface area (TPSA) is 96.5 Å². The van der Waals surface area contributed by atoms with Crippen molar-refractivity contribution in [2.45, 2.75) is 4.90 Å². The van der Waals surface area contributed by atoms with Crippen LogP contribution in [0.3, 0.4) is 0 Å². The molecule has 2 aliphatic heterocycles. The first kappa shape index (κ1) is 21.0. The number of piperazine rings is 1. The Bertz CT molecular complexity index is 1050. The number of carbonyl (C=O) groups excluding carboxylic acids is 2. The Hall–Kier alpha value is -3.27. The third-order valence-electron chi connectivity index (χ3n) is 5.24. The maximum absolute atomic E-state index is 13.4. The van der Waals surface area contributed by atoms with Crippen molar-refractivity contribution in [3.8, 4) is 11.5 Å². The normalized spacial score (nSPS) is 16.0. The second kappa shape index (κ2) is 8.84. The van der Waals surface area contributed by atoms with E-state index >= 15 is 0 Å². The average Bonchev–Trinajstić information content (AvgIpc) is 2.82. The van der Waals surface area contributed by atoms with Crippen molar-refractivity contribution in [1.82, 2.24) is 9.80 Å². The van der Waals surface area contributed by atoms with Crippen LogP contribution in [0.2, 0.25) is 0 Å². The first-order chi connectivity index (χ1) is 15.0. The average molecular weight is 445 g/mol. The monoisotopic (exact) mass is 445 g/mol. The van der Waals surface area contributed by atoms with Gasteiger partial charge in [-0.05, 0) is 24.3 Å². The van der Waals surface area contributed by atoms with E-state index in [2.05, 4.69) is 0 Å². The van der Waals surface area contributed by atoms with Crippen molar-refractivity contribution >= 4 is 28.0 Å². The van der Waals surface area contributed by atoms with Gasteiger partial charge in [0.05, 0.1) is 10.6 Å². The van der Waals surface area contributed by atoms with Gasteiger partial charge in [-0.25, -0.2) is 8.42 Å². The number of hydrogen-bond acceptors (Lipinski definition) is 6. The largest absolute Gasteiger partial charge is 0.486 e. The predicted molar refractivity (Wildman–Crippen MR) is 113 cm³/mol. The summed E-state index contributed by atoms with van der Waals surface area (Å²) in [6.45, 7) is 1.98. The standard InChI is InChI=1S/C21H23N3O6S/c25-16-22-8-10-23(11-9-22)21(26)15-24(31(27,28)18-4-2-1-3-5-18)17-6-7-19-20(14-17)30-13-12-29-19/h1-7,14,16H,8-13,15H2. The summed E-state index contributed by atoms with van der Waals surface area (Å²) >= 11 is 0. The minimum Gasteiger partial charge on any atom is -0.486 e. The van der Waals surface area contributed by atoms with Gasteiger partial charge in [-0.15, -0.1) is 0 Å². The van der Waals surface area contributed by atoms with Gasteiger partial charge in [-0.1, -0.05) is 18.2 Å². The molecule has 1 saturated heterocycles. The van der Waals surface area contributed by atoms with Crippen molar-refractivity contribution in [3.63, 3.8) is 0 Å². The molecule has 0 aliphatic carbocycles. The summed E-state index contributed by atoms with van der Waals surface area (Å²) < 4.78 is 39.1. The van der Waals surface area contributed by atoms with Crippen LogP contribution >= 0.6 is 0 Å². The number of nitrogens with zero attached hydrogens (tertiary/aromatic N) is 3. The highest BCUT2D eigenvalue weighted by Crippen LogP contribution is 2.35. The van der Waals surface area contributed by atoms with Crippen molar-refractivity contribution in [2.75, 3.05) is 50.2 Å². The molecule has 31 heavy (non-hydrogen) atoms. The summed E-state index contributed by atoms with van der Waals surface area (Å²) in [5, 5.41) is 0. The minimum atomic E-state index is -4.01. The summed E-state index contributed by atoms with van der Waals surface area (Å²) in [5.41, 5.74) is 0.313. The molecule has 0 bridgehead atoms. The van der Waals surface area contributed by atoms with E-state index in [1.807, 2.05) is 0 Å². The van der Waals surface area contributed by atoms with Crippen LogP contribution in [-0.4, -0.2) is 76.5 Å². The van der Waals surface area contributed by atoms with E-state index in [0.717, 1.165) is 10.7 Å². The third-order valence-corrected chi connectivity index (χ3v) is 7.03. The van der Waals surface area contributed by atoms with Crippen molar-refractivity contribution in [1.29, 1.82) is 0 Å². The number of sulfonamides is 1. The molecule has 1 fully saturated rings. The first-order valence-electron chi connectivity index (χ1n) is 9.93. The molecule has 2 heterocycles. The predicted octanol–water partition coefficient (Wildman–Crippen LogP) is 0.954. The molecule has 2 aromatic carbocycles. The van der Waals surface area contributed by atoms with E-state index in [9.17, 15) is 18.0 Å². The number of carbonyl (C=O) groups is 2. The van der Waals surface area contributed by atoms with Crippen LogP contribution in [-0.2, 0) is 19.6 Å². The Labute approximate surface area is 180 Å². The lowest BCUT2D eigenvalue weighted by Gasteiger charge is -2.34. The van der Waals surface area contributed by atoms with E-state index in [-0.39, 0.29) is 17.3 Å². The van der Waals surface area contributed by atoms with Crippen LogP contribution in [0.1, 0.15) is 0 Å². The molecule has 9 nitrogen and oxygen atoms in total.